The predicted molar refractivity (Wildman–Crippen MR) is 56.8 cm³/mol. The third kappa shape index (κ3) is 1.28. The number of aromatic nitrogens is 3. The van der Waals surface area contributed by atoms with Gasteiger partial charge < -0.3 is 0 Å². The van der Waals surface area contributed by atoms with Crippen molar-refractivity contribution in [3.05, 3.63) is 28.2 Å². The Morgan fingerprint density at radius 2 is 2.14 bits per heavy atom. The average Bonchev–Trinajstić information content (AvgIpc) is 2.42. The van der Waals surface area contributed by atoms with E-state index in [0.717, 1.165) is 29.0 Å². The highest BCUT2D eigenvalue weighted by molar-refractivity contribution is 6.30. The zero-order valence-corrected chi connectivity index (χ0v) is 9.26. The van der Waals surface area contributed by atoms with E-state index in [9.17, 15) is 0 Å². The number of nitrogens with zero attached hydrogens (tertiary/aromatic N) is 3. The predicted octanol–water partition coefficient (Wildman–Crippen LogP) is 2.56. The summed E-state index contributed by atoms with van der Waals surface area (Å²) in [6.45, 7) is 6.02. The Morgan fingerprint density at radius 3 is 2.79 bits per heavy atom. The van der Waals surface area contributed by atoms with E-state index < -0.39 is 0 Å². The number of imidazole rings is 1. The Kier molecular flexibility index (Phi) is 2.19. The van der Waals surface area contributed by atoms with Crippen LogP contribution < -0.4 is 0 Å². The maximum Gasteiger partial charge on any atom is 0.154 e. The molecule has 0 atom stereocenters. The molecule has 2 heterocycles. The molecular weight excluding hydrogens is 198 g/mol. The van der Waals surface area contributed by atoms with Crippen molar-refractivity contribution in [2.75, 3.05) is 0 Å². The molecule has 3 nitrogen and oxygen atoms in total. The molecule has 0 saturated carbocycles. The zero-order chi connectivity index (χ0) is 10.3. The van der Waals surface area contributed by atoms with Crippen LogP contribution in [0.4, 0.5) is 0 Å². The van der Waals surface area contributed by atoms with E-state index in [4.69, 9.17) is 11.6 Å². The summed E-state index contributed by atoms with van der Waals surface area (Å²) in [6, 6.07) is 1.96. The van der Waals surface area contributed by atoms with Crippen LogP contribution in [-0.4, -0.2) is 14.6 Å². The lowest BCUT2D eigenvalue weighted by atomic mass is 10.3. The van der Waals surface area contributed by atoms with E-state index in [-0.39, 0.29) is 0 Å². The molecule has 0 bridgehead atoms. The molecule has 2 aromatic rings. The molecular formula is C10H12ClN3. The largest absolute Gasteiger partial charge is 0.232 e. The van der Waals surface area contributed by atoms with E-state index in [1.54, 1.807) is 0 Å². The minimum absolute atomic E-state index is 0.546. The summed E-state index contributed by atoms with van der Waals surface area (Å²) >= 11 is 5.97. The topological polar surface area (TPSA) is 30.2 Å². The molecule has 74 valence electrons. The lowest BCUT2D eigenvalue weighted by Gasteiger charge is -2.00. The third-order valence-electron chi connectivity index (χ3n) is 2.37. The second kappa shape index (κ2) is 3.24. The van der Waals surface area contributed by atoms with Crippen LogP contribution in [0.5, 0.6) is 0 Å². The van der Waals surface area contributed by atoms with Gasteiger partial charge in [0.05, 0.1) is 11.4 Å². The number of aryl methyl sites for hydroxylation is 3. The van der Waals surface area contributed by atoms with Crippen molar-refractivity contribution in [1.82, 2.24) is 14.6 Å². The monoisotopic (exact) mass is 209 g/mol. The van der Waals surface area contributed by atoms with Gasteiger partial charge in [-0.1, -0.05) is 18.5 Å². The zero-order valence-electron chi connectivity index (χ0n) is 8.50. The molecule has 0 radical (unpaired) electrons. The molecule has 0 spiro atoms. The molecule has 0 saturated heterocycles. The van der Waals surface area contributed by atoms with Crippen molar-refractivity contribution in [2.45, 2.75) is 27.2 Å². The SMILES string of the molecule is CCc1c(C)nc2cc(C)c(Cl)nn12. The van der Waals surface area contributed by atoms with Crippen molar-refractivity contribution < 1.29 is 0 Å². The van der Waals surface area contributed by atoms with Gasteiger partial charge in [-0.3, -0.25) is 0 Å². The lowest BCUT2D eigenvalue weighted by molar-refractivity contribution is 0.848. The second-order valence-electron chi connectivity index (χ2n) is 3.39. The van der Waals surface area contributed by atoms with E-state index >= 15 is 0 Å². The van der Waals surface area contributed by atoms with E-state index in [1.807, 2.05) is 24.4 Å². The van der Waals surface area contributed by atoms with Crippen LogP contribution in [0.15, 0.2) is 6.07 Å². The van der Waals surface area contributed by atoms with Gasteiger partial charge in [0.2, 0.25) is 0 Å². The fourth-order valence-corrected chi connectivity index (χ4v) is 1.74. The van der Waals surface area contributed by atoms with Gasteiger partial charge in [0.15, 0.2) is 10.8 Å². The molecule has 0 amide bonds. The highest BCUT2D eigenvalue weighted by Crippen LogP contribution is 2.17. The summed E-state index contributed by atoms with van der Waals surface area (Å²) in [7, 11) is 0. The summed E-state index contributed by atoms with van der Waals surface area (Å²) < 4.78 is 1.82. The van der Waals surface area contributed by atoms with Crippen LogP contribution in [0, 0.1) is 13.8 Å². The van der Waals surface area contributed by atoms with Crippen LogP contribution in [0.1, 0.15) is 23.9 Å². The fourth-order valence-electron chi connectivity index (χ4n) is 1.61. The molecule has 0 aromatic carbocycles. The van der Waals surface area contributed by atoms with E-state index in [2.05, 4.69) is 17.0 Å². The number of hydrogen-bond acceptors (Lipinski definition) is 2. The molecule has 2 aromatic heterocycles. The summed E-state index contributed by atoms with van der Waals surface area (Å²) in [4.78, 5) is 4.43. The smallest absolute Gasteiger partial charge is 0.154 e. The van der Waals surface area contributed by atoms with Gasteiger partial charge in [-0.05, 0) is 31.9 Å². The van der Waals surface area contributed by atoms with E-state index in [1.165, 1.54) is 0 Å². The van der Waals surface area contributed by atoms with E-state index in [0.29, 0.717) is 5.15 Å². The molecule has 2 rings (SSSR count). The quantitative estimate of drug-likeness (QED) is 0.723. The van der Waals surface area contributed by atoms with Crippen molar-refractivity contribution in [3.63, 3.8) is 0 Å². The molecule has 0 fully saturated rings. The van der Waals surface area contributed by atoms with Gasteiger partial charge in [0.1, 0.15) is 0 Å². The van der Waals surface area contributed by atoms with Gasteiger partial charge >= 0.3 is 0 Å². The second-order valence-corrected chi connectivity index (χ2v) is 3.74. The Bertz CT molecular complexity index is 488. The standard InChI is InChI=1S/C10H12ClN3/c1-4-8-7(3)12-9-5-6(2)10(11)13-14(8)9/h5H,4H2,1-3H3. The highest BCUT2D eigenvalue weighted by Gasteiger charge is 2.09. The van der Waals surface area contributed by atoms with Gasteiger partial charge in [-0.25, -0.2) is 9.50 Å². The first kappa shape index (κ1) is 9.46. The molecule has 4 heteroatoms. The van der Waals surface area contributed by atoms with Crippen LogP contribution in [0.3, 0.4) is 0 Å². The van der Waals surface area contributed by atoms with Gasteiger partial charge in [-0.2, -0.15) is 5.10 Å². The van der Waals surface area contributed by atoms with Crippen molar-refractivity contribution in [1.29, 1.82) is 0 Å². The van der Waals surface area contributed by atoms with Gasteiger partial charge in [0.25, 0.3) is 0 Å². The first-order chi connectivity index (χ1) is 6.63. The minimum atomic E-state index is 0.546. The average molecular weight is 210 g/mol. The van der Waals surface area contributed by atoms with Gasteiger partial charge in [-0.15, -0.1) is 0 Å². The normalized spacial score (nSPS) is 11.1. The number of hydrogen-bond donors (Lipinski definition) is 0. The number of halogens is 1. The van der Waals surface area contributed by atoms with Crippen molar-refractivity contribution in [2.24, 2.45) is 0 Å². The Morgan fingerprint density at radius 1 is 1.43 bits per heavy atom. The fraction of sp³-hybridized carbons (Fsp3) is 0.400. The summed E-state index contributed by atoms with van der Waals surface area (Å²) in [5.41, 5.74) is 4.00. The third-order valence-corrected chi connectivity index (χ3v) is 2.74. The van der Waals surface area contributed by atoms with Crippen LogP contribution in [0.25, 0.3) is 5.65 Å². The number of fused-ring (bicyclic) bond motifs is 1. The maximum absolute atomic E-state index is 5.97. The Balaban J connectivity index is 2.82. The molecule has 0 aliphatic rings. The molecule has 0 unspecified atom stereocenters. The summed E-state index contributed by atoms with van der Waals surface area (Å²) in [5.74, 6) is 0. The van der Waals surface area contributed by atoms with Crippen LogP contribution >= 0.6 is 11.6 Å². The molecule has 0 N–H and O–H groups in total. The molecule has 14 heavy (non-hydrogen) atoms. The van der Waals surface area contributed by atoms with Crippen LogP contribution in [0.2, 0.25) is 5.15 Å². The van der Waals surface area contributed by atoms with Gasteiger partial charge in [0, 0.05) is 0 Å². The minimum Gasteiger partial charge on any atom is -0.232 e. The maximum atomic E-state index is 5.97. The molecule has 0 aliphatic carbocycles. The van der Waals surface area contributed by atoms with Crippen molar-refractivity contribution in [3.8, 4) is 0 Å². The highest BCUT2D eigenvalue weighted by atomic mass is 35.5. The van der Waals surface area contributed by atoms with Crippen molar-refractivity contribution >= 4 is 17.2 Å². The Labute approximate surface area is 87.7 Å². The summed E-state index contributed by atoms with van der Waals surface area (Å²) in [6.07, 6.45) is 0.916. The summed E-state index contributed by atoms with van der Waals surface area (Å²) in [5, 5.41) is 4.83. The first-order valence-electron chi connectivity index (χ1n) is 4.65. The lowest BCUT2D eigenvalue weighted by Crippen LogP contribution is -1.98. The molecule has 0 aliphatic heterocycles. The Hall–Kier alpha value is -1.09. The first-order valence-corrected chi connectivity index (χ1v) is 5.02. The van der Waals surface area contributed by atoms with Crippen LogP contribution in [-0.2, 0) is 6.42 Å². The number of rotatable bonds is 1.